The molecule has 94 valence electrons. The van der Waals surface area contributed by atoms with E-state index in [0.29, 0.717) is 5.69 Å². The maximum Gasteiger partial charge on any atom is 0.335 e. The molecule has 0 fully saturated rings. The van der Waals surface area contributed by atoms with Crippen molar-refractivity contribution in [3.05, 3.63) is 53.3 Å². The summed E-state index contributed by atoms with van der Waals surface area (Å²) in [5, 5.41) is 10.2. The van der Waals surface area contributed by atoms with Crippen molar-refractivity contribution in [2.24, 2.45) is 0 Å². The van der Waals surface area contributed by atoms with Gasteiger partial charge in [0.1, 0.15) is 5.15 Å². The highest BCUT2D eigenvalue weighted by molar-refractivity contribution is 6.29. The normalized spacial score (nSPS) is 10.8. The van der Waals surface area contributed by atoms with E-state index in [1.54, 1.807) is 6.20 Å². The third-order valence-electron chi connectivity index (χ3n) is 2.91. The first-order valence-corrected chi connectivity index (χ1v) is 6.00. The lowest BCUT2D eigenvalue weighted by molar-refractivity contribution is 0.0697. The van der Waals surface area contributed by atoms with Crippen molar-refractivity contribution in [3.8, 4) is 11.3 Å². The van der Waals surface area contributed by atoms with Gasteiger partial charge in [-0.05, 0) is 18.2 Å². The second-order valence-electron chi connectivity index (χ2n) is 4.12. The van der Waals surface area contributed by atoms with Crippen molar-refractivity contribution >= 4 is 28.5 Å². The quantitative estimate of drug-likeness (QED) is 0.701. The molecule has 0 radical (unpaired) electrons. The molecule has 5 heteroatoms. The number of nitrogens with one attached hydrogen (secondary N) is 1. The van der Waals surface area contributed by atoms with Gasteiger partial charge in [0.2, 0.25) is 0 Å². The van der Waals surface area contributed by atoms with Crippen LogP contribution in [0.4, 0.5) is 0 Å². The zero-order valence-electron chi connectivity index (χ0n) is 9.72. The first kappa shape index (κ1) is 11.7. The number of halogens is 1. The number of fused-ring (bicyclic) bond motifs is 1. The van der Waals surface area contributed by atoms with E-state index in [1.165, 1.54) is 12.1 Å². The van der Waals surface area contributed by atoms with Crippen LogP contribution in [0.5, 0.6) is 0 Å². The number of aromatic carboxylic acids is 1. The fraction of sp³-hybridized carbons (Fsp3) is 0. The number of hydrogen-bond donors (Lipinski definition) is 2. The van der Waals surface area contributed by atoms with Crippen LogP contribution < -0.4 is 0 Å². The van der Waals surface area contributed by atoms with Crippen LogP contribution >= 0.6 is 11.6 Å². The fourth-order valence-electron chi connectivity index (χ4n) is 2.04. The first-order valence-electron chi connectivity index (χ1n) is 5.62. The van der Waals surface area contributed by atoms with Gasteiger partial charge in [-0.2, -0.15) is 0 Å². The minimum Gasteiger partial charge on any atom is -0.478 e. The molecule has 0 aliphatic heterocycles. The number of pyridine rings is 1. The lowest BCUT2D eigenvalue weighted by Gasteiger charge is -2.02. The molecule has 0 unspecified atom stereocenters. The third kappa shape index (κ3) is 2.06. The van der Waals surface area contributed by atoms with E-state index < -0.39 is 5.97 Å². The molecule has 2 aromatic heterocycles. The van der Waals surface area contributed by atoms with Crippen LogP contribution in [0, 0.1) is 0 Å². The van der Waals surface area contributed by atoms with Crippen molar-refractivity contribution in [2.45, 2.75) is 0 Å². The number of carboxylic acids is 1. The van der Waals surface area contributed by atoms with Crippen molar-refractivity contribution in [3.63, 3.8) is 0 Å². The minimum atomic E-state index is -1.02. The Morgan fingerprint density at radius 2 is 2.05 bits per heavy atom. The third-order valence-corrected chi connectivity index (χ3v) is 3.10. The predicted molar refractivity (Wildman–Crippen MR) is 73.5 cm³/mol. The molecule has 0 amide bonds. The van der Waals surface area contributed by atoms with Crippen LogP contribution in [0.25, 0.3) is 22.2 Å². The van der Waals surface area contributed by atoms with Crippen LogP contribution in [0.2, 0.25) is 5.15 Å². The van der Waals surface area contributed by atoms with Crippen molar-refractivity contribution < 1.29 is 9.90 Å². The second kappa shape index (κ2) is 4.40. The van der Waals surface area contributed by atoms with E-state index >= 15 is 0 Å². The summed E-state index contributed by atoms with van der Waals surface area (Å²) in [6.45, 7) is 0. The number of carbonyl (C=O) groups is 1. The van der Waals surface area contributed by atoms with E-state index in [1.807, 2.05) is 24.3 Å². The summed E-state index contributed by atoms with van der Waals surface area (Å²) in [6.07, 6.45) is 1.80. The van der Waals surface area contributed by atoms with E-state index in [2.05, 4.69) is 9.97 Å². The molecule has 2 N–H and O–H groups in total. The summed E-state index contributed by atoms with van der Waals surface area (Å²) >= 11 is 5.88. The molecular weight excluding hydrogens is 264 g/mol. The van der Waals surface area contributed by atoms with Gasteiger partial charge in [-0.25, -0.2) is 9.78 Å². The molecule has 3 aromatic rings. The number of aromatic amines is 1. The molecule has 3 rings (SSSR count). The monoisotopic (exact) mass is 272 g/mol. The molecule has 0 spiro atoms. The van der Waals surface area contributed by atoms with Crippen molar-refractivity contribution in [1.82, 2.24) is 9.97 Å². The molecule has 0 aliphatic carbocycles. The maximum absolute atomic E-state index is 11.0. The molecule has 4 nitrogen and oxygen atoms in total. The highest BCUT2D eigenvalue weighted by Crippen LogP contribution is 2.28. The topological polar surface area (TPSA) is 66.0 Å². The van der Waals surface area contributed by atoms with E-state index in [9.17, 15) is 4.79 Å². The SMILES string of the molecule is O=C(O)c1cc(Cl)nc(-c2c[nH]c3ccccc23)c1. The zero-order valence-corrected chi connectivity index (χ0v) is 10.5. The molecule has 0 bridgehead atoms. The average molecular weight is 273 g/mol. The summed E-state index contributed by atoms with van der Waals surface area (Å²) in [6, 6.07) is 10.6. The van der Waals surface area contributed by atoms with Crippen LogP contribution in [0.1, 0.15) is 10.4 Å². The summed E-state index contributed by atoms with van der Waals surface area (Å²) < 4.78 is 0. The largest absolute Gasteiger partial charge is 0.478 e. The molecule has 0 saturated heterocycles. The summed E-state index contributed by atoms with van der Waals surface area (Å²) in [5.41, 5.74) is 2.47. The summed E-state index contributed by atoms with van der Waals surface area (Å²) in [5.74, 6) is -1.02. The summed E-state index contributed by atoms with van der Waals surface area (Å²) in [7, 11) is 0. The van der Waals surface area contributed by atoms with Gasteiger partial charge < -0.3 is 10.1 Å². The number of carboxylic acid groups (broad SMARTS) is 1. The molecular formula is C14H9ClN2O2. The number of hydrogen-bond acceptors (Lipinski definition) is 2. The number of nitrogens with zero attached hydrogens (tertiary/aromatic N) is 1. The van der Waals surface area contributed by atoms with Gasteiger partial charge in [0.15, 0.2) is 0 Å². The molecule has 0 atom stereocenters. The molecule has 19 heavy (non-hydrogen) atoms. The van der Waals surface area contributed by atoms with Crippen molar-refractivity contribution in [1.29, 1.82) is 0 Å². The summed E-state index contributed by atoms with van der Waals surface area (Å²) in [4.78, 5) is 18.4. The highest BCUT2D eigenvalue weighted by atomic mass is 35.5. The molecule has 0 saturated carbocycles. The highest BCUT2D eigenvalue weighted by Gasteiger charge is 2.12. The van der Waals surface area contributed by atoms with Gasteiger partial charge in [0.05, 0.1) is 11.3 Å². The van der Waals surface area contributed by atoms with Gasteiger partial charge >= 0.3 is 5.97 Å². The number of benzene rings is 1. The standard InChI is InChI=1S/C14H9ClN2O2/c15-13-6-8(14(18)19)5-12(17-13)10-7-16-11-4-2-1-3-9(10)11/h1-7,16H,(H,18,19). The first-order chi connectivity index (χ1) is 9.15. The van der Waals surface area contributed by atoms with Gasteiger partial charge in [-0.1, -0.05) is 29.8 Å². The predicted octanol–water partition coefficient (Wildman–Crippen LogP) is 3.58. The second-order valence-corrected chi connectivity index (χ2v) is 4.50. The van der Waals surface area contributed by atoms with E-state index in [4.69, 9.17) is 16.7 Å². The van der Waals surface area contributed by atoms with E-state index in [0.717, 1.165) is 16.5 Å². The Balaban J connectivity index is 2.24. The van der Waals surface area contributed by atoms with Gasteiger partial charge in [0, 0.05) is 22.7 Å². The molecule has 1 aromatic carbocycles. The van der Waals surface area contributed by atoms with Crippen molar-refractivity contribution in [2.75, 3.05) is 0 Å². The van der Waals surface area contributed by atoms with Crippen LogP contribution in [-0.4, -0.2) is 21.0 Å². The van der Waals surface area contributed by atoms with Gasteiger partial charge in [-0.3, -0.25) is 0 Å². The van der Waals surface area contributed by atoms with Gasteiger partial charge in [0.25, 0.3) is 0 Å². The zero-order chi connectivity index (χ0) is 13.4. The van der Waals surface area contributed by atoms with Crippen LogP contribution in [0.3, 0.4) is 0 Å². The molecule has 2 heterocycles. The van der Waals surface area contributed by atoms with Gasteiger partial charge in [-0.15, -0.1) is 0 Å². The average Bonchev–Trinajstić information content (AvgIpc) is 2.81. The lowest BCUT2D eigenvalue weighted by Crippen LogP contribution is -1.98. The Morgan fingerprint density at radius 3 is 2.84 bits per heavy atom. The Hall–Kier alpha value is -2.33. The Labute approximate surface area is 113 Å². The Kier molecular flexibility index (Phi) is 2.72. The Morgan fingerprint density at radius 1 is 1.26 bits per heavy atom. The van der Waals surface area contributed by atoms with Crippen LogP contribution in [-0.2, 0) is 0 Å². The number of para-hydroxylation sites is 1. The number of rotatable bonds is 2. The lowest BCUT2D eigenvalue weighted by atomic mass is 10.1. The molecule has 0 aliphatic rings. The smallest absolute Gasteiger partial charge is 0.335 e. The van der Waals surface area contributed by atoms with E-state index in [-0.39, 0.29) is 10.7 Å². The number of aromatic nitrogens is 2. The minimum absolute atomic E-state index is 0.125. The fourth-order valence-corrected chi connectivity index (χ4v) is 2.25. The Bertz CT molecular complexity index is 780. The van der Waals surface area contributed by atoms with Crippen LogP contribution in [0.15, 0.2) is 42.6 Å². The maximum atomic E-state index is 11.0. The number of H-pyrrole nitrogens is 1.